The van der Waals surface area contributed by atoms with E-state index in [2.05, 4.69) is 11.0 Å². The number of carbonyl (C=O) groups excluding carboxylic acids is 3. The molecule has 6 rings (SSSR count). The molecule has 206 valence electrons. The molecule has 0 bridgehead atoms. The Kier molecular flexibility index (Phi) is 7.31. The molecular formula is C30H41N3O5. The van der Waals surface area contributed by atoms with Crippen LogP contribution >= 0.6 is 0 Å². The van der Waals surface area contributed by atoms with Gasteiger partial charge in [0.1, 0.15) is 24.9 Å². The Balaban J connectivity index is 1.33. The minimum absolute atomic E-state index is 0.0123. The summed E-state index contributed by atoms with van der Waals surface area (Å²) in [6.07, 6.45) is 8.08. The van der Waals surface area contributed by atoms with Crippen LogP contribution in [0.1, 0.15) is 91.6 Å². The molecule has 2 aliphatic carbocycles. The molecule has 1 aromatic rings. The lowest BCUT2D eigenvalue weighted by molar-refractivity contribution is -0.139. The molecule has 38 heavy (non-hydrogen) atoms. The van der Waals surface area contributed by atoms with Gasteiger partial charge in [-0.15, -0.1) is 0 Å². The number of fused-ring (bicyclic) bond motifs is 1. The van der Waals surface area contributed by atoms with Crippen LogP contribution in [0, 0.1) is 5.92 Å². The zero-order valence-electron chi connectivity index (χ0n) is 22.5. The van der Waals surface area contributed by atoms with Gasteiger partial charge in [0.2, 0.25) is 11.8 Å². The number of likely N-dealkylation sites (tertiary alicyclic amines) is 2. The molecule has 4 atom stereocenters. The molecule has 2 amide bonds. The van der Waals surface area contributed by atoms with Crippen LogP contribution < -0.4 is 5.73 Å². The van der Waals surface area contributed by atoms with Gasteiger partial charge in [0.15, 0.2) is 5.78 Å². The second-order valence-corrected chi connectivity index (χ2v) is 11.9. The summed E-state index contributed by atoms with van der Waals surface area (Å²) in [5.41, 5.74) is 8.27. The zero-order chi connectivity index (χ0) is 26.4. The second-order valence-electron chi connectivity index (χ2n) is 11.9. The third-order valence-electron chi connectivity index (χ3n) is 9.68. The van der Waals surface area contributed by atoms with Crippen LogP contribution in [-0.2, 0) is 19.1 Å². The van der Waals surface area contributed by atoms with Crippen LogP contribution in [0.25, 0.3) is 0 Å². The van der Waals surface area contributed by atoms with Crippen LogP contribution in [0.5, 0.6) is 0 Å². The fraction of sp³-hybridized carbons (Fsp3) is 0.700. The maximum absolute atomic E-state index is 14.5. The molecule has 3 saturated heterocycles. The Labute approximate surface area is 225 Å². The minimum Gasteiger partial charge on any atom is -0.374 e. The summed E-state index contributed by atoms with van der Waals surface area (Å²) >= 11 is 0. The van der Waals surface area contributed by atoms with E-state index in [9.17, 15) is 14.4 Å². The number of primary amides is 1. The molecule has 5 fully saturated rings. The maximum Gasteiger partial charge on any atom is 0.249 e. The van der Waals surface area contributed by atoms with Crippen molar-refractivity contribution in [3.05, 3.63) is 34.9 Å². The first-order valence-corrected chi connectivity index (χ1v) is 14.7. The fourth-order valence-corrected chi connectivity index (χ4v) is 7.61. The molecule has 1 aromatic carbocycles. The summed E-state index contributed by atoms with van der Waals surface area (Å²) in [5.74, 6) is -0.625. The molecule has 2 saturated carbocycles. The number of rotatable bonds is 8. The highest BCUT2D eigenvalue weighted by molar-refractivity contribution is 5.99. The van der Waals surface area contributed by atoms with Crippen molar-refractivity contribution in [2.75, 3.05) is 32.8 Å². The lowest BCUT2D eigenvalue weighted by atomic mass is 9.78. The van der Waals surface area contributed by atoms with Gasteiger partial charge in [0.25, 0.3) is 0 Å². The number of benzene rings is 1. The predicted octanol–water partition coefficient (Wildman–Crippen LogP) is 2.98. The van der Waals surface area contributed by atoms with E-state index in [0.29, 0.717) is 24.6 Å². The van der Waals surface area contributed by atoms with E-state index in [4.69, 9.17) is 15.2 Å². The third-order valence-corrected chi connectivity index (χ3v) is 9.68. The average Bonchev–Trinajstić information content (AvgIpc) is 3.31. The Morgan fingerprint density at radius 1 is 1.11 bits per heavy atom. The standard InChI is InChI=1S/C30H41N3O5/c1-2-37-25-16-33(27-24(34)17-38-28(25)27)30(36)26(19-5-3-4-6-19)23-15-20(7-10-22(23)29(31)35)18-11-13-32(14-12-18)21-8-9-21/h7,10,15,18-19,21,25-28H,2-6,8-9,11-14,16-17H2,1H3,(H2,31,35)/t25-,26-,27+,28+/m0/s1. The highest BCUT2D eigenvalue weighted by Crippen LogP contribution is 2.43. The molecule has 8 nitrogen and oxygen atoms in total. The number of piperidine rings is 1. The van der Waals surface area contributed by atoms with Crippen molar-refractivity contribution in [3.8, 4) is 0 Å². The number of hydrogen-bond acceptors (Lipinski definition) is 6. The molecule has 8 heteroatoms. The number of ether oxygens (including phenoxy) is 2. The number of hydrogen-bond donors (Lipinski definition) is 1. The number of nitrogens with zero attached hydrogens (tertiary/aromatic N) is 2. The number of ketones is 1. The first-order valence-electron chi connectivity index (χ1n) is 14.7. The third kappa shape index (κ3) is 4.80. The summed E-state index contributed by atoms with van der Waals surface area (Å²) in [6.45, 7) is 4.96. The summed E-state index contributed by atoms with van der Waals surface area (Å²) < 4.78 is 11.7. The van der Waals surface area contributed by atoms with Crippen LogP contribution in [0.2, 0.25) is 0 Å². The molecule has 3 heterocycles. The van der Waals surface area contributed by atoms with E-state index in [0.717, 1.165) is 63.2 Å². The minimum atomic E-state index is -0.616. The summed E-state index contributed by atoms with van der Waals surface area (Å²) in [4.78, 5) is 44.3. The van der Waals surface area contributed by atoms with Crippen molar-refractivity contribution in [2.45, 2.75) is 94.4 Å². The van der Waals surface area contributed by atoms with Gasteiger partial charge in [0, 0.05) is 18.2 Å². The first-order chi connectivity index (χ1) is 18.5. The van der Waals surface area contributed by atoms with Crippen LogP contribution in [0.3, 0.4) is 0 Å². The number of nitrogens with two attached hydrogens (primary N) is 1. The van der Waals surface area contributed by atoms with Crippen LogP contribution in [0.4, 0.5) is 0 Å². The molecule has 0 aromatic heterocycles. The van der Waals surface area contributed by atoms with E-state index in [1.165, 1.54) is 18.4 Å². The van der Waals surface area contributed by atoms with Gasteiger partial charge < -0.3 is 25.0 Å². The molecule has 0 unspecified atom stereocenters. The number of Topliss-reactive ketones (excluding diaryl/α,β-unsaturated/α-hetero) is 1. The van der Waals surface area contributed by atoms with Crippen LogP contribution in [0.15, 0.2) is 18.2 Å². The van der Waals surface area contributed by atoms with Gasteiger partial charge in [-0.3, -0.25) is 14.4 Å². The lowest BCUT2D eigenvalue weighted by Crippen LogP contribution is -2.45. The van der Waals surface area contributed by atoms with Gasteiger partial charge in [-0.1, -0.05) is 25.0 Å². The van der Waals surface area contributed by atoms with E-state index < -0.39 is 24.0 Å². The molecule has 5 aliphatic rings. The van der Waals surface area contributed by atoms with Crippen molar-refractivity contribution >= 4 is 17.6 Å². The largest absolute Gasteiger partial charge is 0.374 e. The van der Waals surface area contributed by atoms with Crippen molar-refractivity contribution in [2.24, 2.45) is 11.7 Å². The lowest BCUT2D eigenvalue weighted by Gasteiger charge is -2.34. The van der Waals surface area contributed by atoms with E-state index >= 15 is 0 Å². The monoisotopic (exact) mass is 523 g/mol. The maximum atomic E-state index is 14.5. The van der Waals surface area contributed by atoms with Crippen molar-refractivity contribution in [3.63, 3.8) is 0 Å². The highest BCUT2D eigenvalue weighted by atomic mass is 16.6. The average molecular weight is 524 g/mol. The van der Waals surface area contributed by atoms with E-state index in [1.54, 1.807) is 4.90 Å². The van der Waals surface area contributed by atoms with Gasteiger partial charge in [0.05, 0.1) is 12.5 Å². The predicted molar refractivity (Wildman–Crippen MR) is 142 cm³/mol. The Hall–Kier alpha value is -2.29. The summed E-state index contributed by atoms with van der Waals surface area (Å²) in [5, 5.41) is 0. The van der Waals surface area contributed by atoms with Crippen molar-refractivity contribution < 1.29 is 23.9 Å². The van der Waals surface area contributed by atoms with E-state index in [1.807, 2.05) is 19.1 Å². The Morgan fingerprint density at radius 3 is 2.50 bits per heavy atom. The van der Waals surface area contributed by atoms with Crippen molar-refractivity contribution in [1.29, 1.82) is 0 Å². The van der Waals surface area contributed by atoms with Crippen molar-refractivity contribution in [1.82, 2.24) is 9.80 Å². The summed E-state index contributed by atoms with van der Waals surface area (Å²) in [7, 11) is 0. The smallest absolute Gasteiger partial charge is 0.249 e. The SMILES string of the molecule is CCO[C@H]1CN(C(=O)[C@H](c2cc(C3CCN(C4CC4)CC3)ccc2C(N)=O)C2CCCC2)[C@@H]2C(=O)CO[C@H]12. The number of carbonyl (C=O) groups is 3. The molecular weight excluding hydrogens is 482 g/mol. The quantitative estimate of drug-likeness (QED) is 0.562. The highest BCUT2D eigenvalue weighted by Gasteiger charge is 2.54. The number of amides is 2. The molecule has 0 radical (unpaired) electrons. The molecule has 3 aliphatic heterocycles. The van der Waals surface area contributed by atoms with Crippen LogP contribution in [-0.4, -0.2) is 84.5 Å². The zero-order valence-corrected chi connectivity index (χ0v) is 22.5. The van der Waals surface area contributed by atoms with E-state index in [-0.39, 0.29) is 30.3 Å². The summed E-state index contributed by atoms with van der Waals surface area (Å²) in [6, 6.07) is 6.16. The second kappa shape index (κ2) is 10.7. The van der Waals surface area contributed by atoms with Gasteiger partial charge in [-0.2, -0.15) is 0 Å². The van der Waals surface area contributed by atoms with Gasteiger partial charge in [-0.25, -0.2) is 0 Å². The van der Waals surface area contributed by atoms with Gasteiger partial charge in [-0.05, 0) is 87.6 Å². The van der Waals surface area contributed by atoms with Gasteiger partial charge >= 0.3 is 0 Å². The fourth-order valence-electron chi connectivity index (χ4n) is 7.61. The first kappa shape index (κ1) is 26.0. The molecule has 0 spiro atoms. The normalized spacial score (nSPS) is 29.7. The Bertz CT molecular complexity index is 1070. The Morgan fingerprint density at radius 2 is 1.84 bits per heavy atom. The molecule has 2 N–H and O–H groups in total. The topological polar surface area (TPSA) is 102 Å².